The van der Waals surface area contributed by atoms with Gasteiger partial charge in [0.15, 0.2) is 0 Å². The second kappa shape index (κ2) is 38.4. The van der Waals surface area contributed by atoms with Crippen molar-refractivity contribution in [2.24, 2.45) is 0 Å². The van der Waals surface area contributed by atoms with E-state index in [9.17, 15) is 24.0 Å². The Morgan fingerprint density at radius 2 is 0.826 bits per heavy atom. The summed E-state index contributed by atoms with van der Waals surface area (Å²) in [5.74, 6) is -2.60. The molecule has 0 atom stereocenters. The summed E-state index contributed by atoms with van der Waals surface area (Å²) in [5.41, 5.74) is 0.176. The maximum absolute atomic E-state index is 11.7. The zero-order valence-corrected chi connectivity index (χ0v) is 29.5. The molecule has 0 aliphatic heterocycles. The quantitative estimate of drug-likeness (QED) is 0.0345. The first-order chi connectivity index (χ1) is 22.0. The van der Waals surface area contributed by atoms with Crippen LogP contribution in [0.1, 0.15) is 163 Å². The van der Waals surface area contributed by atoms with Crippen molar-refractivity contribution in [2.75, 3.05) is 26.4 Å². The van der Waals surface area contributed by atoms with Gasteiger partial charge in [-0.2, -0.15) is 0 Å². The van der Waals surface area contributed by atoms with E-state index in [1.54, 1.807) is 0 Å². The lowest BCUT2D eigenvalue weighted by atomic mass is 10.1. The third-order valence-corrected chi connectivity index (χ3v) is 6.72. The molecule has 0 aromatic rings. The van der Waals surface area contributed by atoms with Gasteiger partial charge in [0.25, 0.3) is 0 Å². The second-order valence-electron chi connectivity index (χ2n) is 11.6. The average Bonchev–Trinajstić information content (AvgIpc) is 2.98. The molecule has 270 valence electrons. The molecule has 0 heterocycles. The SMILES string of the molecule is C=C(C)C(=O)O.CC(=O)CC(=O)O.CCCCCCCCCCCC(=O)OCCOCCOC(=O)CCCCCCCCCCC. The van der Waals surface area contributed by atoms with Crippen molar-refractivity contribution in [2.45, 2.75) is 163 Å². The summed E-state index contributed by atoms with van der Waals surface area (Å²) >= 11 is 0. The number of ether oxygens (including phenoxy) is 3. The first-order valence-electron chi connectivity index (χ1n) is 17.5. The highest BCUT2D eigenvalue weighted by molar-refractivity contribution is 5.93. The maximum Gasteiger partial charge on any atom is 0.330 e. The fraction of sp³-hybridized carbons (Fsp3) is 0.806. The number of ketones is 1. The van der Waals surface area contributed by atoms with E-state index in [4.69, 9.17) is 24.4 Å². The van der Waals surface area contributed by atoms with Crippen LogP contribution in [0.25, 0.3) is 0 Å². The van der Waals surface area contributed by atoms with Crippen LogP contribution in [0.15, 0.2) is 12.2 Å². The summed E-state index contributed by atoms with van der Waals surface area (Å²) in [5, 5.41) is 15.8. The molecule has 0 saturated carbocycles. The number of Topliss-reactive ketones (excluding diaryl/α,β-unsaturated/α-hetero) is 1. The summed E-state index contributed by atoms with van der Waals surface area (Å²) < 4.78 is 15.7. The molecule has 0 aliphatic carbocycles. The number of carbonyl (C=O) groups is 5. The Bertz CT molecular complexity index is 717. The van der Waals surface area contributed by atoms with Gasteiger partial charge in [0.1, 0.15) is 25.4 Å². The van der Waals surface area contributed by atoms with Crippen molar-refractivity contribution in [1.82, 2.24) is 0 Å². The molecule has 46 heavy (non-hydrogen) atoms. The molecule has 0 fully saturated rings. The normalized spacial score (nSPS) is 10.1. The van der Waals surface area contributed by atoms with Crippen LogP contribution >= 0.6 is 0 Å². The van der Waals surface area contributed by atoms with Crippen molar-refractivity contribution < 1.29 is 48.4 Å². The van der Waals surface area contributed by atoms with Crippen LogP contribution in [-0.2, 0) is 38.2 Å². The molecule has 0 aromatic carbocycles. The van der Waals surface area contributed by atoms with E-state index in [1.807, 2.05) is 0 Å². The number of unbranched alkanes of at least 4 members (excludes halogenated alkanes) is 16. The van der Waals surface area contributed by atoms with Gasteiger partial charge in [0.2, 0.25) is 0 Å². The third-order valence-electron chi connectivity index (χ3n) is 6.72. The predicted molar refractivity (Wildman–Crippen MR) is 182 cm³/mol. The summed E-state index contributed by atoms with van der Waals surface area (Å²) in [6, 6.07) is 0. The minimum atomic E-state index is -1.06. The van der Waals surface area contributed by atoms with E-state index in [0.717, 1.165) is 25.7 Å². The number of hydrogen-bond donors (Lipinski definition) is 2. The molecule has 0 saturated heterocycles. The van der Waals surface area contributed by atoms with Gasteiger partial charge in [0, 0.05) is 18.4 Å². The number of aliphatic carboxylic acids is 2. The predicted octanol–water partition coefficient (Wildman–Crippen LogP) is 8.63. The first kappa shape index (κ1) is 47.7. The second-order valence-corrected chi connectivity index (χ2v) is 11.6. The number of carbonyl (C=O) groups excluding carboxylic acids is 3. The zero-order valence-electron chi connectivity index (χ0n) is 29.5. The summed E-state index contributed by atoms with van der Waals surface area (Å²) in [6.45, 7) is 11.5. The summed E-state index contributed by atoms with van der Waals surface area (Å²) in [6.07, 6.45) is 22.9. The molecule has 0 amide bonds. The first-order valence-corrected chi connectivity index (χ1v) is 17.5. The van der Waals surface area contributed by atoms with Gasteiger partial charge in [0.05, 0.1) is 13.2 Å². The van der Waals surface area contributed by atoms with Crippen LogP contribution < -0.4 is 0 Å². The van der Waals surface area contributed by atoms with E-state index in [-0.39, 0.29) is 42.9 Å². The Morgan fingerprint density at radius 3 is 1.07 bits per heavy atom. The molecule has 10 nitrogen and oxygen atoms in total. The Kier molecular flexibility index (Phi) is 39.8. The molecule has 10 heteroatoms. The van der Waals surface area contributed by atoms with Crippen molar-refractivity contribution >= 4 is 29.7 Å². The molecule has 0 aromatic heterocycles. The van der Waals surface area contributed by atoms with Gasteiger partial charge < -0.3 is 24.4 Å². The number of rotatable bonds is 29. The standard InChI is InChI=1S/C28H54O5.C4H6O3.C4H6O2/c1-3-5-7-9-11-13-15-17-19-21-27(29)32-25-23-31-24-26-33-28(30)22-20-18-16-14-12-10-8-6-4-2;1-3(5)2-4(6)7;1-3(2)4(5)6/h3-26H2,1-2H3;2H2,1H3,(H,6,7);1H2,2H3,(H,5,6). The molecule has 0 spiro atoms. The maximum atomic E-state index is 11.7. The number of esters is 2. The van der Waals surface area contributed by atoms with Gasteiger partial charge in [-0.05, 0) is 26.7 Å². The van der Waals surface area contributed by atoms with Gasteiger partial charge in [-0.25, -0.2) is 4.79 Å². The molecule has 0 bridgehead atoms. The van der Waals surface area contributed by atoms with Crippen LogP contribution in [0.3, 0.4) is 0 Å². The highest BCUT2D eigenvalue weighted by Gasteiger charge is 2.05. The molecular formula is C36H66O10. The Morgan fingerprint density at radius 1 is 0.522 bits per heavy atom. The van der Waals surface area contributed by atoms with Crippen molar-refractivity contribution in [3.63, 3.8) is 0 Å². The van der Waals surface area contributed by atoms with Crippen molar-refractivity contribution in [1.29, 1.82) is 0 Å². The van der Waals surface area contributed by atoms with E-state index < -0.39 is 11.9 Å². The third kappa shape index (κ3) is 48.2. The monoisotopic (exact) mass is 658 g/mol. The molecular weight excluding hydrogens is 592 g/mol. The zero-order chi connectivity index (χ0) is 35.3. The Labute approximate surface area is 279 Å². The fourth-order valence-electron chi connectivity index (χ4n) is 4.05. The van der Waals surface area contributed by atoms with Crippen LogP contribution in [0.4, 0.5) is 0 Å². The number of hydrogen-bond acceptors (Lipinski definition) is 8. The van der Waals surface area contributed by atoms with E-state index in [2.05, 4.69) is 20.4 Å². The minimum Gasteiger partial charge on any atom is -0.481 e. The summed E-state index contributed by atoms with van der Waals surface area (Å²) in [4.78, 5) is 52.5. The van der Waals surface area contributed by atoms with Crippen LogP contribution in [0.5, 0.6) is 0 Å². The topological polar surface area (TPSA) is 154 Å². The van der Waals surface area contributed by atoms with Gasteiger partial charge in [-0.15, -0.1) is 0 Å². The Hall–Kier alpha value is -2.75. The van der Waals surface area contributed by atoms with Gasteiger partial charge >= 0.3 is 23.9 Å². The van der Waals surface area contributed by atoms with Crippen molar-refractivity contribution in [3.05, 3.63) is 12.2 Å². The lowest BCUT2D eigenvalue weighted by Crippen LogP contribution is -2.14. The highest BCUT2D eigenvalue weighted by atomic mass is 16.6. The van der Waals surface area contributed by atoms with Crippen LogP contribution in [0.2, 0.25) is 0 Å². The highest BCUT2D eigenvalue weighted by Crippen LogP contribution is 2.12. The number of carboxylic acids is 2. The van der Waals surface area contributed by atoms with E-state index in [0.29, 0.717) is 26.1 Å². The van der Waals surface area contributed by atoms with E-state index in [1.165, 1.54) is 104 Å². The van der Waals surface area contributed by atoms with Crippen molar-refractivity contribution in [3.8, 4) is 0 Å². The molecule has 0 unspecified atom stereocenters. The van der Waals surface area contributed by atoms with Gasteiger partial charge in [-0.3, -0.25) is 19.2 Å². The smallest absolute Gasteiger partial charge is 0.330 e. The van der Waals surface area contributed by atoms with E-state index >= 15 is 0 Å². The average molecular weight is 659 g/mol. The lowest BCUT2D eigenvalue weighted by Gasteiger charge is -2.07. The summed E-state index contributed by atoms with van der Waals surface area (Å²) in [7, 11) is 0. The number of carboxylic acid groups (broad SMARTS) is 2. The van der Waals surface area contributed by atoms with Crippen LogP contribution in [-0.4, -0.2) is 66.3 Å². The largest absolute Gasteiger partial charge is 0.481 e. The van der Waals surface area contributed by atoms with Crippen LogP contribution in [0, 0.1) is 0 Å². The molecule has 2 N–H and O–H groups in total. The van der Waals surface area contributed by atoms with Gasteiger partial charge in [-0.1, -0.05) is 123 Å². The Balaban J connectivity index is -0.00000118. The molecule has 0 aliphatic rings. The molecule has 0 radical (unpaired) electrons. The lowest BCUT2D eigenvalue weighted by molar-refractivity contribution is -0.147. The fourth-order valence-corrected chi connectivity index (χ4v) is 4.05. The molecule has 0 rings (SSSR count). The minimum absolute atomic E-state index is 0.145.